The third-order valence-corrected chi connectivity index (χ3v) is 1.45. The molecule has 0 amide bonds. The van der Waals surface area contributed by atoms with E-state index >= 15 is 0 Å². The molecule has 0 nitrogen and oxygen atoms in total. The summed E-state index contributed by atoms with van der Waals surface area (Å²) in [5, 5.41) is 0. The van der Waals surface area contributed by atoms with Gasteiger partial charge in [-0.25, -0.2) is 0 Å². The lowest BCUT2D eigenvalue weighted by Gasteiger charge is -2.00. The quantitative estimate of drug-likeness (QED) is 0.521. The molecular formula is C10H16. The molecule has 0 aromatic carbocycles. The van der Waals surface area contributed by atoms with Gasteiger partial charge in [-0.05, 0) is 25.8 Å². The average Bonchev–Trinajstić information content (AvgIpc) is 1.85. The summed E-state index contributed by atoms with van der Waals surface area (Å²) in [5.41, 5.74) is 3.53. The summed E-state index contributed by atoms with van der Waals surface area (Å²) in [6, 6.07) is 0. The van der Waals surface area contributed by atoms with E-state index in [9.17, 15) is 0 Å². The zero-order valence-electron chi connectivity index (χ0n) is 7.20. The molecule has 0 aromatic heterocycles. The highest BCUT2D eigenvalue weighted by atomic mass is 14.0. The first-order valence-corrected chi connectivity index (χ1v) is 3.60. The average molecular weight is 136 g/mol. The van der Waals surface area contributed by atoms with Crippen LogP contribution in [0.15, 0.2) is 36.0 Å². The van der Waals surface area contributed by atoms with Crippen LogP contribution < -0.4 is 0 Å². The van der Waals surface area contributed by atoms with E-state index in [0.29, 0.717) is 0 Å². The van der Waals surface area contributed by atoms with Gasteiger partial charge in [0.15, 0.2) is 0 Å². The van der Waals surface area contributed by atoms with E-state index in [1.165, 1.54) is 11.1 Å². The Morgan fingerprint density at radius 3 is 2.10 bits per heavy atom. The predicted molar refractivity (Wildman–Crippen MR) is 48.0 cm³/mol. The van der Waals surface area contributed by atoms with E-state index in [1.54, 1.807) is 0 Å². The summed E-state index contributed by atoms with van der Waals surface area (Å²) >= 11 is 0. The Kier molecular flexibility index (Phi) is 3.78. The van der Waals surface area contributed by atoms with E-state index in [1.807, 2.05) is 6.92 Å². The van der Waals surface area contributed by atoms with Gasteiger partial charge in [-0.1, -0.05) is 37.3 Å². The molecule has 0 rings (SSSR count). The SMILES string of the molecule is C=C(C)/C=C(/C)C(=C)CC. The molecule has 0 spiro atoms. The van der Waals surface area contributed by atoms with Gasteiger partial charge in [0.25, 0.3) is 0 Å². The lowest BCUT2D eigenvalue weighted by atomic mass is 10.1. The van der Waals surface area contributed by atoms with Crippen LogP contribution in [0.25, 0.3) is 0 Å². The second kappa shape index (κ2) is 4.10. The van der Waals surface area contributed by atoms with E-state index < -0.39 is 0 Å². The van der Waals surface area contributed by atoms with Gasteiger partial charge in [-0.15, -0.1) is 0 Å². The van der Waals surface area contributed by atoms with Gasteiger partial charge < -0.3 is 0 Å². The summed E-state index contributed by atoms with van der Waals surface area (Å²) in [6.07, 6.45) is 3.08. The molecule has 0 fully saturated rings. The van der Waals surface area contributed by atoms with Crippen molar-refractivity contribution in [1.29, 1.82) is 0 Å². The fourth-order valence-electron chi connectivity index (χ4n) is 0.751. The van der Waals surface area contributed by atoms with Gasteiger partial charge in [0.05, 0.1) is 0 Å². The predicted octanol–water partition coefficient (Wildman–Crippen LogP) is 3.48. The molecule has 0 aliphatic rings. The molecule has 0 unspecified atom stereocenters. The van der Waals surface area contributed by atoms with Crippen molar-refractivity contribution in [2.45, 2.75) is 27.2 Å². The van der Waals surface area contributed by atoms with Crippen molar-refractivity contribution in [3.05, 3.63) is 36.0 Å². The zero-order chi connectivity index (χ0) is 8.15. The van der Waals surface area contributed by atoms with Crippen molar-refractivity contribution in [3.8, 4) is 0 Å². The Balaban J connectivity index is 4.19. The van der Waals surface area contributed by atoms with Crippen LogP contribution in [-0.4, -0.2) is 0 Å². The fourth-order valence-corrected chi connectivity index (χ4v) is 0.751. The molecule has 0 atom stereocenters. The molecule has 0 radical (unpaired) electrons. The van der Waals surface area contributed by atoms with Crippen LogP contribution in [0.4, 0.5) is 0 Å². The molecule has 0 saturated carbocycles. The minimum atomic E-state index is 1.02. The maximum Gasteiger partial charge on any atom is -0.0311 e. The lowest BCUT2D eigenvalue weighted by molar-refractivity contribution is 1.11. The Morgan fingerprint density at radius 2 is 1.80 bits per heavy atom. The Hall–Kier alpha value is -0.780. The second-order valence-electron chi connectivity index (χ2n) is 2.63. The zero-order valence-corrected chi connectivity index (χ0v) is 7.20. The van der Waals surface area contributed by atoms with Crippen LogP contribution in [0.1, 0.15) is 27.2 Å². The van der Waals surface area contributed by atoms with Crippen molar-refractivity contribution >= 4 is 0 Å². The molecule has 0 aromatic rings. The Morgan fingerprint density at radius 1 is 1.30 bits per heavy atom. The Bertz CT molecular complexity index is 170. The number of rotatable bonds is 3. The van der Waals surface area contributed by atoms with Crippen LogP contribution in [0.5, 0.6) is 0 Å². The maximum atomic E-state index is 3.92. The fraction of sp³-hybridized carbons (Fsp3) is 0.400. The summed E-state index contributed by atoms with van der Waals surface area (Å²) in [4.78, 5) is 0. The molecular weight excluding hydrogens is 120 g/mol. The first kappa shape index (κ1) is 9.22. The number of hydrogen-bond donors (Lipinski definition) is 0. The topological polar surface area (TPSA) is 0 Å². The molecule has 0 heteroatoms. The van der Waals surface area contributed by atoms with Gasteiger partial charge in [0.2, 0.25) is 0 Å². The third-order valence-electron chi connectivity index (χ3n) is 1.45. The minimum Gasteiger partial charge on any atom is -0.0961 e. The number of hydrogen-bond acceptors (Lipinski definition) is 0. The van der Waals surface area contributed by atoms with Crippen molar-refractivity contribution in [2.24, 2.45) is 0 Å². The van der Waals surface area contributed by atoms with Crippen LogP contribution in [0, 0.1) is 0 Å². The van der Waals surface area contributed by atoms with Crippen LogP contribution in [-0.2, 0) is 0 Å². The molecule has 0 saturated heterocycles. The summed E-state index contributed by atoms with van der Waals surface area (Å²) < 4.78 is 0. The molecule has 10 heavy (non-hydrogen) atoms. The van der Waals surface area contributed by atoms with Crippen molar-refractivity contribution in [2.75, 3.05) is 0 Å². The minimum absolute atomic E-state index is 1.02. The smallest absolute Gasteiger partial charge is 0.0311 e. The van der Waals surface area contributed by atoms with Gasteiger partial charge in [0.1, 0.15) is 0 Å². The monoisotopic (exact) mass is 136 g/mol. The molecule has 0 bridgehead atoms. The summed E-state index contributed by atoms with van der Waals surface area (Å²) in [6.45, 7) is 13.9. The molecule has 0 N–H and O–H groups in total. The van der Waals surface area contributed by atoms with Crippen LogP contribution in [0.3, 0.4) is 0 Å². The maximum absolute atomic E-state index is 3.92. The van der Waals surface area contributed by atoms with E-state index in [4.69, 9.17) is 0 Å². The molecule has 0 heterocycles. The summed E-state index contributed by atoms with van der Waals surface area (Å²) in [7, 11) is 0. The van der Waals surface area contributed by atoms with Gasteiger partial charge >= 0.3 is 0 Å². The van der Waals surface area contributed by atoms with Crippen LogP contribution >= 0.6 is 0 Å². The molecule has 56 valence electrons. The van der Waals surface area contributed by atoms with Crippen molar-refractivity contribution in [1.82, 2.24) is 0 Å². The van der Waals surface area contributed by atoms with E-state index in [2.05, 4.69) is 33.1 Å². The summed E-state index contributed by atoms with van der Waals surface area (Å²) in [5.74, 6) is 0. The van der Waals surface area contributed by atoms with Crippen molar-refractivity contribution < 1.29 is 0 Å². The number of allylic oxidation sites excluding steroid dienone is 4. The normalized spacial score (nSPS) is 11.3. The molecule has 0 aliphatic heterocycles. The van der Waals surface area contributed by atoms with Crippen LogP contribution in [0.2, 0.25) is 0 Å². The third kappa shape index (κ3) is 3.29. The van der Waals surface area contributed by atoms with E-state index in [-0.39, 0.29) is 0 Å². The lowest BCUT2D eigenvalue weighted by Crippen LogP contribution is -1.80. The van der Waals surface area contributed by atoms with Crippen molar-refractivity contribution in [3.63, 3.8) is 0 Å². The standard InChI is InChI=1S/C10H16/c1-6-9(4)10(5)7-8(2)3/h7H,2,4,6H2,1,3,5H3/b10-7-. The first-order valence-electron chi connectivity index (χ1n) is 3.60. The highest BCUT2D eigenvalue weighted by Crippen LogP contribution is 2.11. The highest BCUT2D eigenvalue weighted by molar-refractivity contribution is 5.31. The van der Waals surface area contributed by atoms with Gasteiger partial charge in [-0.2, -0.15) is 0 Å². The second-order valence-corrected chi connectivity index (χ2v) is 2.63. The largest absolute Gasteiger partial charge is 0.0961 e. The highest BCUT2D eigenvalue weighted by Gasteiger charge is 1.91. The van der Waals surface area contributed by atoms with E-state index in [0.717, 1.165) is 12.0 Å². The first-order chi connectivity index (χ1) is 4.57. The Labute approximate surface area is 64.0 Å². The van der Waals surface area contributed by atoms with Gasteiger partial charge in [0, 0.05) is 0 Å². The van der Waals surface area contributed by atoms with Gasteiger partial charge in [-0.3, -0.25) is 0 Å². The molecule has 0 aliphatic carbocycles.